The first-order valence-corrected chi connectivity index (χ1v) is 9.04. The van der Waals surface area contributed by atoms with Gasteiger partial charge < -0.3 is 0 Å². The molecule has 1 unspecified atom stereocenters. The summed E-state index contributed by atoms with van der Waals surface area (Å²) < 4.78 is 0. The molecule has 118 valence electrons. The second-order valence-electron chi connectivity index (χ2n) is 7.34. The molecule has 0 bridgehead atoms. The van der Waals surface area contributed by atoms with E-state index in [0.717, 1.165) is 11.8 Å². The van der Waals surface area contributed by atoms with Gasteiger partial charge >= 0.3 is 0 Å². The van der Waals surface area contributed by atoms with Crippen molar-refractivity contribution in [2.24, 2.45) is 11.8 Å². The molecule has 2 fully saturated rings. The predicted octanol–water partition coefficient (Wildman–Crippen LogP) is 4.64. The molecular weight excluding hydrogens is 266 g/mol. The Morgan fingerprint density at radius 3 is 2.27 bits per heavy atom. The highest BCUT2D eigenvalue weighted by Crippen LogP contribution is 2.32. The van der Waals surface area contributed by atoms with Crippen LogP contribution in [0, 0.1) is 30.6 Å². The van der Waals surface area contributed by atoms with Crippen LogP contribution in [-0.4, -0.2) is 24.0 Å². The fourth-order valence-corrected chi connectivity index (χ4v) is 3.88. The van der Waals surface area contributed by atoms with Gasteiger partial charge in [0.15, 0.2) is 0 Å². The minimum atomic E-state index is 0.483. The molecule has 0 N–H and O–H groups in total. The van der Waals surface area contributed by atoms with Crippen molar-refractivity contribution in [2.75, 3.05) is 13.1 Å². The summed E-state index contributed by atoms with van der Waals surface area (Å²) in [6.07, 6.45) is 8.23. The molecule has 1 nitrogen and oxygen atoms in total. The summed E-state index contributed by atoms with van der Waals surface area (Å²) in [5, 5.41) is 0. The van der Waals surface area contributed by atoms with Crippen molar-refractivity contribution in [2.45, 2.75) is 58.4 Å². The fourth-order valence-electron chi connectivity index (χ4n) is 3.88. The van der Waals surface area contributed by atoms with E-state index in [4.69, 9.17) is 0 Å². The van der Waals surface area contributed by atoms with Crippen LogP contribution < -0.4 is 0 Å². The van der Waals surface area contributed by atoms with Crippen LogP contribution in [0.15, 0.2) is 24.3 Å². The topological polar surface area (TPSA) is 3.24 Å². The van der Waals surface area contributed by atoms with Gasteiger partial charge in [-0.1, -0.05) is 49.3 Å². The molecule has 1 heteroatoms. The normalized spacial score (nSPS) is 22.3. The first-order chi connectivity index (χ1) is 10.7. The van der Waals surface area contributed by atoms with E-state index in [1.165, 1.54) is 62.7 Å². The van der Waals surface area contributed by atoms with Crippen LogP contribution >= 0.6 is 0 Å². The average molecular weight is 295 g/mol. The van der Waals surface area contributed by atoms with E-state index >= 15 is 0 Å². The Hall–Kier alpha value is -1.26. The van der Waals surface area contributed by atoms with Crippen molar-refractivity contribution in [1.29, 1.82) is 0 Å². The van der Waals surface area contributed by atoms with E-state index < -0.39 is 0 Å². The van der Waals surface area contributed by atoms with E-state index in [2.05, 4.69) is 54.9 Å². The summed E-state index contributed by atoms with van der Waals surface area (Å²) in [6.45, 7) is 7.00. The number of aryl methyl sites for hydroxylation is 1. The number of hydrogen-bond acceptors (Lipinski definition) is 1. The van der Waals surface area contributed by atoms with E-state index in [0.29, 0.717) is 6.04 Å². The number of benzene rings is 1. The van der Waals surface area contributed by atoms with Crippen LogP contribution in [0.1, 0.15) is 56.6 Å². The molecule has 1 saturated heterocycles. The Kier molecular flexibility index (Phi) is 5.21. The Labute approximate surface area is 136 Å². The number of rotatable bonds is 2. The zero-order chi connectivity index (χ0) is 15.4. The van der Waals surface area contributed by atoms with Gasteiger partial charge in [0.2, 0.25) is 0 Å². The van der Waals surface area contributed by atoms with E-state index in [1.54, 1.807) is 0 Å². The molecule has 1 aromatic rings. The molecule has 1 aliphatic heterocycles. The van der Waals surface area contributed by atoms with E-state index in [1.807, 2.05) is 0 Å². The third-order valence-electron chi connectivity index (χ3n) is 5.47. The first-order valence-electron chi connectivity index (χ1n) is 9.04. The molecule has 0 aromatic heterocycles. The van der Waals surface area contributed by atoms with Crippen LogP contribution in [0.4, 0.5) is 0 Å². The summed E-state index contributed by atoms with van der Waals surface area (Å²) in [7, 11) is 0. The lowest BCUT2D eigenvalue weighted by Gasteiger charge is -2.37. The van der Waals surface area contributed by atoms with Gasteiger partial charge in [-0.05, 0) is 69.7 Å². The lowest BCUT2D eigenvalue weighted by atomic mass is 9.92. The van der Waals surface area contributed by atoms with Gasteiger partial charge in [-0.15, -0.1) is 0 Å². The molecule has 22 heavy (non-hydrogen) atoms. The zero-order valence-corrected chi connectivity index (χ0v) is 14.1. The molecule has 0 radical (unpaired) electrons. The Bertz CT molecular complexity index is 519. The smallest absolute Gasteiger partial charge is 0.0746 e. The summed E-state index contributed by atoms with van der Waals surface area (Å²) in [5.41, 5.74) is 2.47. The van der Waals surface area contributed by atoms with Gasteiger partial charge in [0.25, 0.3) is 0 Å². The van der Waals surface area contributed by atoms with Crippen LogP contribution in [0.3, 0.4) is 0 Å². The van der Waals surface area contributed by atoms with Crippen molar-refractivity contribution in [1.82, 2.24) is 4.90 Å². The summed E-state index contributed by atoms with van der Waals surface area (Å²) >= 11 is 0. The second-order valence-corrected chi connectivity index (χ2v) is 7.34. The monoisotopic (exact) mass is 295 g/mol. The highest BCUT2D eigenvalue weighted by molar-refractivity contribution is 5.37. The summed E-state index contributed by atoms with van der Waals surface area (Å²) in [5.74, 6) is 8.82. The maximum Gasteiger partial charge on any atom is 0.0746 e. The molecule has 2 aliphatic rings. The molecular formula is C21H29N. The van der Waals surface area contributed by atoms with Crippen molar-refractivity contribution >= 4 is 0 Å². The Morgan fingerprint density at radius 2 is 1.64 bits per heavy atom. The van der Waals surface area contributed by atoms with Crippen molar-refractivity contribution in [3.05, 3.63) is 35.4 Å². The van der Waals surface area contributed by atoms with Crippen molar-refractivity contribution in [3.8, 4) is 11.8 Å². The highest BCUT2D eigenvalue weighted by Gasteiger charge is 2.30. The van der Waals surface area contributed by atoms with Gasteiger partial charge in [-0.3, -0.25) is 4.90 Å². The minimum Gasteiger partial charge on any atom is -0.290 e. The Balaban J connectivity index is 1.75. The number of nitrogens with zero attached hydrogens (tertiary/aromatic N) is 1. The van der Waals surface area contributed by atoms with Crippen LogP contribution in [-0.2, 0) is 0 Å². The molecule has 1 saturated carbocycles. The van der Waals surface area contributed by atoms with Crippen LogP contribution in [0.2, 0.25) is 0 Å². The minimum absolute atomic E-state index is 0.483. The van der Waals surface area contributed by atoms with Crippen molar-refractivity contribution < 1.29 is 0 Å². The second kappa shape index (κ2) is 7.34. The van der Waals surface area contributed by atoms with Gasteiger partial charge in [0.1, 0.15) is 0 Å². The van der Waals surface area contributed by atoms with Crippen molar-refractivity contribution in [3.63, 3.8) is 0 Å². The molecule has 1 aromatic carbocycles. The quantitative estimate of drug-likeness (QED) is 0.719. The van der Waals surface area contributed by atoms with E-state index in [-0.39, 0.29) is 0 Å². The number of likely N-dealkylation sites (tertiary alicyclic amines) is 1. The number of piperidine rings is 1. The maximum absolute atomic E-state index is 3.66. The molecule has 1 aliphatic carbocycles. The predicted molar refractivity (Wildman–Crippen MR) is 93.8 cm³/mol. The standard InChI is InChI=1S/C21H29N/c1-17-7-9-19(10-8-17)11-12-21(20-5-3-4-6-20)22-15-13-18(2)14-16-22/h7-10,18,20-21H,3-6,13-16H2,1-2H3. The highest BCUT2D eigenvalue weighted by atomic mass is 15.2. The van der Waals surface area contributed by atoms with Gasteiger partial charge in [-0.2, -0.15) is 0 Å². The first kappa shape index (κ1) is 15.6. The van der Waals surface area contributed by atoms with E-state index in [9.17, 15) is 0 Å². The maximum atomic E-state index is 3.66. The van der Waals surface area contributed by atoms with Gasteiger partial charge in [-0.25, -0.2) is 0 Å². The molecule has 3 rings (SSSR count). The number of hydrogen-bond donors (Lipinski definition) is 0. The lowest BCUT2D eigenvalue weighted by Crippen LogP contribution is -2.43. The zero-order valence-electron chi connectivity index (χ0n) is 14.1. The Morgan fingerprint density at radius 1 is 1.00 bits per heavy atom. The third-order valence-corrected chi connectivity index (χ3v) is 5.47. The lowest BCUT2D eigenvalue weighted by molar-refractivity contribution is 0.132. The molecule has 0 amide bonds. The molecule has 1 heterocycles. The summed E-state index contributed by atoms with van der Waals surface area (Å²) in [4.78, 5) is 2.68. The molecule has 0 spiro atoms. The fraction of sp³-hybridized carbons (Fsp3) is 0.619. The largest absolute Gasteiger partial charge is 0.290 e. The van der Waals surface area contributed by atoms with Crippen LogP contribution in [0.5, 0.6) is 0 Å². The van der Waals surface area contributed by atoms with Crippen LogP contribution in [0.25, 0.3) is 0 Å². The average Bonchev–Trinajstić information content (AvgIpc) is 3.05. The van der Waals surface area contributed by atoms with Gasteiger partial charge in [0, 0.05) is 5.56 Å². The summed E-state index contributed by atoms with van der Waals surface area (Å²) in [6, 6.07) is 9.13. The third kappa shape index (κ3) is 3.93. The SMILES string of the molecule is Cc1ccc(C#CC(C2CCCC2)N2CCC(C)CC2)cc1. The molecule has 1 atom stereocenters. The van der Waals surface area contributed by atoms with Gasteiger partial charge in [0.05, 0.1) is 6.04 Å².